The Morgan fingerprint density at radius 3 is 1.59 bits per heavy atom. The summed E-state index contributed by atoms with van der Waals surface area (Å²) in [4.78, 5) is 65.3. The summed E-state index contributed by atoms with van der Waals surface area (Å²) < 4.78 is 0. The Balaban J connectivity index is 5.62. The van der Waals surface area contributed by atoms with E-state index in [1.54, 1.807) is 0 Å². The molecule has 0 aliphatic heterocycles. The summed E-state index contributed by atoms with van der Waals surface area (Å²) in [6, 6.07) is -4.45. The summed E-state index contributed by atoms with van der Waals surface area (Å²) in [5, 5.41) is 17.1. The summed E-state index contributed by atoms with van der Waals surface area (Å²) in [6.07, 6.45) is 2.79. The van der Waals surface area contributed by atoms with E-state index >= 15 is 0 Å². The molecule has 0 saturated carbocycles. The number of aliphatic carboxylic acids is 1. The molecule has 0 radical (unpaired) electrons. The van der Waals surface area contributed by atoms with Crippen LogP contribution in [0.1, 0.15) is 64.2 Å². The van der Waals surface area contributed by atoms with E-state index in [0.717, 1.165) is 0 Å². The van der Waals surface area contributed by atoms with E-state index in [1.807, 2.05) is 0 Å². The van der Waals surface area contributed by atoms with Gasteiger partial charge in [-0.15, -0.1) is 0 Å². The van der Waals surface area contributed by atoms with Crippen molar-refractivity contribution in [1.82, 2.24) is 16.0 Å². The number of hydrogen-bond acceptors (Lipinski definition) is 9. The highest BCUT2D eigenvalue weighted by Gasteiger charge is 2.30. The predicted octanol–water partition coefficient (Wildman–Crippen LogP) is -3.57. The molecule has 0 fully saturated rings. The van der Waals surface area contributed by atoms with Gasteiger partial charge in [0.05, 0.1) is 6.04 Å². The van der Waals surface area contributed by atoms with Gasteiger partial charge >= 0.3 is 5.97 Å². The molecule has 0 aliphatic carbocycles. The molecule has 0 spiro atoms. The third kappa shape index (κ3) is 16.9. The number of primary amides is 1. The van der Waals surface area contributed by atoms with Crippen LogP contribution in [0.2, 0.25) is 0 Å². The first-order chi connectivity index (χ1) is 18.4. The molecule has 0 heterocycles. The number of aliphatic imine (C=N–C) groups is 1. The van der Waals surface area contributed by atoms with Crippen molar-refractivity contribution in [3.05, 3.63) is 0 Å². The Labute approximate surface area is 228 Å². The summed E-state index contributed by atoms with van der Waals surface area (Å²) >= 11 is 0. The van der Waals surface area contributed by atoms with Gasteiger partial charge in [-0.05, 0) is 70.9 Å². The van der Waals surface area contributed by atoms with Gasteiger partial charge in [0.1, 0.15) is 18.1 Å². The quantitative estimate of drug-likeness (QED) is 0.0352. The fourth-order valence-electron chi connectivity index (χ4n) is 3.54. The number of carbonyl (C=O) groups is 5. The van der Waals surface area contributed by atoms with Crippen LogP contribution in [0, 0.1) is 0 Å². The first-order valence-electron chi connectivity index (χ1n) is 13.1. The van der Waals surface area contributed by atoms with Crippen LogP contribution in [0.3, 0.4) is 0 Å². The molecule has 16 N–H and O–H groups in total. The molecule has 4 amide bonds. The number of rotatable bonds is 22. The van der Waals surface area contributed by atoms with Gasteiger partial charge in [0.15, 0.2) is 5.96 Å². The Hall–Kier alpha value is -3.50. The second-order valence-electron chi connectivity index (χ2n) is 9.15. The minimum atomic E-state index is -1.22. The largest absolute Gasteiger partial charge is 0.480 e. The van der Waals surface area contributed by atoms with Crippen molar-refractivity contribution >= 4 is 35.6 Å². The van der Waals surface area contributed by atoms with Crippen molar-refractivity contribution in [2.75, 3.05) is 19.6 Å². The van der Waals surface area contributed by atoms with E-state index in [2.05, 4.69) is 20.9 Å². The number of nitrogens with zero attached hydrogens (tertiary/aromatic N) is 1. The first kappa shape index (κ1) is 35.5. The molecule has 16 heteroatoms. The zero-order valence-electron chi connectivity index (χ0n) is 22.4. The molecule has 16 nitrogen and oxygen atoms in total. The number of nitrogens with two attached hydrogens (primary N) is 6. The molecule has 39 heavy (non-hydrogen) atoms. The topological polar surface area (TPSA) is 310 Å². The maximum Gasteiger partial charge on any atom is 0.326 e. The van der Waals surface area contributed by atoms with Crippen molar-refractivity contribution in [3.63, 3.8) is 0 Å². The highest BCUT2D eigenvalue weighted by atomic mass is 16.4. The number of carboxylic acid groups (broad SMARTS) is 1. The molecule has 0 saturated heterocycles. The van der Waals surface area contributed by atoms with Gasteiger partial charge in [0, 0.05) is 13.0 Å². The van der Waals surface area contributed by atoms with Crippen LogP contribution in [0.15, 0.2) is 4.99 Å². The third-order valence-corrected chi connectivity index (χ3v) is 5.76. The van der Waals surface area contributed by atoms with E-state index in [4.69, 9.17) is 34.4 Å². The van der Waals surface area contributed by atoms with E-state index in [9.17, 15) is 29.1 Å². The van der Waals surface area contributed by atoms with Crippen molar-refractivity contribution < 1.29 is 29.1 Å². The smallest absolute Gasteiger partial charge is 0.326 e. The van der Waals surface area contributed by atoms with E-state index in [-0.39, 0.29) is 44.6 Å². The summed E-state index contributed by atoms with van der Waals surface area (Å²) in [7, 11) is 0. The molecule has 224 valence electrons. The molecule has 0 aromatic rings. The van der Waals surface area contributed by atoms with Gasteiger partial charge in [0.25, 0.3) is 0 Å². The summed E-state index contributed by atoms with van der Waals surface area (Å²) in [5.74, 6) is -4.02. The van der Waals surface area contributed by atoms with E-state index in [0.29, 0.717) is 45.2 Å². The molecule has 0 aromatic carbocycles. The number of hydrogen-bond donors (Lipinski definition) is 10. The van der Waals surface area contributed by atoms with Gasteiger partial charge in [-0.2, -0.15) is 0 Å². The van der Waals surface area contributed by atoms with Crippen LogP contribution >= 0.6 is 0 Å². The van der Waals surface area contributed by atoms with Gasteiger partial charge < -0.3 is 55.5 Å². The van der Waals surface area contributed by atoms with Crippen molar-refractivity contribution in [1.29, 1.82) is 0 Å². The van der Waals surface area contributed by atoms with Gasteiger partial charge in [-0.3, -0.25) is 24.2 Å². The fourth-order valence-corrected chi connectivity index (χ4v) is 3.54. The van der Waals surface area contributed by atoms with E-state index in [1.165, 1.54) is 0 Å². The average Bonchev–Trinajstić information content (AvgIpc) is 2.87. The van der Waals surface area contributed by atoms with Crippen molar-refractivity contribution in [2.45, 2.75) is 88.4 Å². The van der Waals surface area contributed by atoms with Crippen LogP contribution in [-0.4, -0.2) is 84.5 Å². The zero-order valence-corrected chi connectivity index (χ0v) is 22.4. The Morgan fingerprint density at radius 1 is 0.667 bits per heavy atom. The Kier molecular flexibility index (Phi) is 18.6. The van der Waals surface area contributed by atoms with Crippen LogP contribution in [0.5, 0.6) is 0 Å². The third-order valence-electron chi connectivity index (χ3n) is 5.76. The normalized spacial score (nSPS) is 13.8. The standard InChI is InChI=1S/C23H46N10O6/c24-11-3-1-6-15(31-19(35)14(26)9-10-18(27)34)20(36)32-16(8-5-13-30-23(28)29)21(37)33-17(22(38)39)7-2-4-12-25/h14-17H,1-13,24-26H2,(H2,27,34)(H,31,35)(H,32,36)(H,33,37)(H,38,39)(H4,28,29,30). The Morgan fingerprint density at radius 2 is 1.13 bits per heavy atom. The Bertz CT molecular complexity index is 821. The van der Waals surface area contributed by atoms with Crippen LogP contribution in [-0.2, 0) is 24.0 Å². The lowest BCUT2D eigenvalue weighted by Gasteiger charge is -2.25. The lowest BCUT2D eigenvalue weighted by Crippen LogP contribution is -2.57. The lowest BCUT2D eigenvalue weighted by atomic mass is 10.0. The maximum absolute atomic E-state index is 13.2. The number of carboxylic acids is 1. The molecule has 0 rings (SSSR count). The van der Waals surface area contributed by atoms with Gasteiger partial charge in [-0.1, -0.05) is 0 Å². The minimum Gasteiger partial charge on any atom is -0.480 e. The molecular weight excluding hydrogens is 512 g/mol. The number of unbranched alkanes of at least 4 members (excludes halogenated alkanes) is 2. The van der Waals surface area contributed by atoms with Gasteiger partial charge in [-0.25, -0.2) is 4.79 Å². The monoisotopic (exact) mass is 558 g/mol. The highest BCUT2D eigenvalue weighted by Crippen LogP contribution is 2.07. The van der Waals surface area contributed by atoms with E-state index < -0.39 is 53.8 Å². The molecule has 4 unspecified atom stereocenters. The van der Waals surface area contributed by atoms with Crippen molar-refractivity contribution in [3.8, 4) is 0 Å². The number of carbonyl (C=O) groups excluding carboxylic acids is 4. The molecule has 0 bridgehead atoms. The highest BCUT2D eigenvalue weighted by molar-refractivity contribution is 5.94. The number of nitrogens with one attached hydrogen (secondary N) is 3. The van der Waals surface area contributed by atoms with Gasteiger partial charge in [0.2, 0.25) is 23.6 Å². The molecular formula is C23H46N10O6. The zero-order chi connectivity index (χ0) is 29.8. The van der Waals surface area contributed by atoms with Crippen LogP contribution < -0.4 is 50.4 Å². The first-order valence-corrected chi connectivity index (χ1v) is 13.1. The number of amides is 4. The second kappa shape index (κ2) is 20.5. The molecule has 4 atom stereocenters. The lowest BCUT2D eigenvalue weighted by molar-refractivity contribution is -0.142. The predicted molar refractivity (Wildman–Crippen MR) is 146 cm³/mol. The molecule has 0 aliphatic rings. The summed E-state index contributed by atoms with van der Waals surface area (Å²) in [5.41, 5.74) is 32.6. The second-order valence-corrected chi connectivity index (χ2v) is 9.15. The van der Waals surface area contributed by atoms with Crippen LogP contribution in [0.4, 0.5) is 0 Å². The van der Waals surface area contributed by atoms with Crippen LogP contribution in [0.25, 0.3) is 0 Å². The van der Waals surface area contributed by atoms with Crippen molar-refractivity contribution in [2.24, 2.45) is 39.4 Å². The minimum absolute atomic E-state index is 0.00510. The molecule has 0 aromatic heterocycles. The average molecular weight is 559 g/mol. The summed E-state index contributed by atoms with van der Waals surface area (Å²) in [6.45, 7) is 0.927. The SMILES string of the molecule is NCCCCC(NC(=O)C(CCCN=C(N)N)NC(=O)C(CCCCN)NC(=O)C(N)CCC(N)=O)C(=O)O. The number of guanidine groups is 1. The fraction of sp³-hybridized carbons (Fsp3) is 0.739. The maximum atomic E-state index is 13.2.